The molecule has 0 aromatic heterocycles. The highest BCUT2D eigenvalue weighted by molar-refractivity contribution is 5.86. The van der Waals surface area contributed by atoms with Crippen molar-refractivity contribution in [1.29, 1.82) is 0 Å². The van der Waals surface area contributed by atoms with Crippen molar-refractivity contribution in [2.24, 2.45) is 0 Å². The Labute approximate surface area is 108 Å². The predicted octanol–water partition coefficient (Wildman–Crippen LogP) is 2.78. The third kappa shape index (κ3) is 1.52. The zero-order valence-corrected chi connectivity index (χ0v) is 10.5. The first-order valence-electron chi connectivity index (χ1n) is 6.90. The predicted molar refractivity (Wildman–Crippen MR) is 76.1 cm³/mol. The third-order valence-corrected chi connectivity index (χ3v) is 4.41. The number of hydrogen-bond donors (Lipinski definition) is 1. The van der Waals surface area contributed by atoms with E-state index in [0.29, 0.717) is 12.1 Å². The lowest BCUT2D eigenvalue weighted by molar-refractivity contribution is 0.485. The fraction of sp³-hybridized carbons (Fsp3) is 0.375. The summed E-state index contributed by atoms with van der Waals surface area (Å²) in [5.74, 6) is 0. The van der Waals surface area contributed by atoms with Gasteiger partial charge in [0.2, 0.25) is 0 Å². The first-order chi connectivity index (χ1) is 8.92. The zero-order valence-electron chi connectivity index (χ0n) is 10.5. The molecule has 2 unspecified atom stereocenters. The van der Waals surface area contributed by atoms with Crippen molar-refractivity contribution in [2.75, 3.05) is 18.0 Å². The van der Waals surface area contributed by atoms with E-state index in [2.05, 4.69) is 52.7 Å². The molecular formula is C16H18N2. The van der Waals surface area contributed by atoms with E-state index >= 15 is 0 Å². The van der Waals surface area contributed by atoms with Crippen molar-refractivity contribution >= 4 is 16.5 Å². The SMILES string of the molecule is c1ccc2cc(N3C4CCC3CNC4)ccc2c1. The lowest BCUT2D eigenvalue weighted by Crippen LogP contribution is -2.51. The van der Waals surface area contributed by atoms with Gasteiger partial charge in [0.15, 0.2) is 0 Å². The first-order valence-corrected chi connectivity index (χ1v) is 6.90. The molecule has 0 aliphatic carbocycles. The van der Waals surface area contributed by atoms with Gasteiger partial charge in [-0.15, -0.1) is 0 Å². The highest BCUT2D eigenvalue weighted by Crippen LogP contribution is 2.33. The summed E-state index contributed by atoms with van der Waals surface area (Å²) in [7, 11) is 0. The molecule has 18 heavy (non-hydrogen) atoms. The van der Waals surface area contributed by atoms with Crippen LogP contribution in [0.1, 0.15) is 12.8 Å². The fourth-order valence-corrected chi connectivity index (χ4v) is 3.54. The first kappa shape index (κ1) is 10.4. The van der Waals surface area contributed by atoms with Crippen molar-refractivity contribution in [3.8, 4) is 0 Å². The van der Waals surface area contributed by atoms with Crippen molar-refractivity contribution in [3.05, 3.63) is 42.5 Å². The number of benzene rings is 2. The molecule has 0 amide bonds. The smallest absolute Gasteiger partial charge is 0.0419 e. The quantitative estimate of drug-likeness (QED) is 0.822. The summed E-state index contributed by atoms with van der Waals surface area (Å²) in [5.41, 5.74) is 1.41. The molecular weight excluding hydrogens is 220 g/mol. The number of nitrogens with zero attached hydrogens (tertiary/aromatic N) is 1. The molecule has 2 saturated heterocycles. The van der Waals surface area contributed by atoms with Crippen LogP contribution in [0.15, 0.2) is 42.5 Å². The second kappa shape index (κ2) is 3.99. The number of fused-ring (bicyclic) bond motifs is 3. The van der Waals surface area contributed by atoms with Crippen molar-refractivity contribution in [2.45, 2.75) is 24.9 Å². The molecule has 92 valence electrons. The van der Waals surface area contributed by atoms with Gasteiger partial charge in [0.05, 0.1) is 0 Å². The van der Waals surface area contributed by atoms with Gasteiger partial charge in [0.25, 0.3) is 0 Å². The molecule has 2 heterocycles. The number of hydrogen-bond acceptors (Lipinski definition) is 2. The average molecular weight is 238 g/mol. The highest BCUT2D eigenvalue weighted by Gasteiger charge is 2.36. The number of nitrogens with one attached hydrogen (secondary N) is 1. The fourth-order valence-electron chi connectivity index (χ4n) is 3.54. The summed E-state index contributed by atoms with van der Waals surface area (Å²) in [4.78, 5) is 2.64. The van der Waals surface area contributed by atoms with Crippen LogP contribution in [0.3, 0.4) is 0 Å². The van der Waals surface area contributed by atoms with Gasteiger partial charge in [-0.25, -0.2) is 0 Å². The lowest BCUT2D eigenvalue weighted by Gasteiger charge is -2.37. The summed E-state index contributed by atoms with van der Waals surface area (Å²) in [6.07, 6.45) is 2.68. The molecule has 2 aromatic rings. The van der Waals surface area contributed by atoms with E-state index in [1.165, 1.54) is 29.3 Å². The van der Waals surface area contributed by atoms with Crippen LogP contribution in [-0.4, -0.2) is 25.2 Å². The molecule has 2 fully saturated rings. The molecule has 4 rings (SSSR count). The molecule has 1 N–H and O–H groups in total. The normalized spacial score (nSPS) is 26.8. The van der Waals surface area contributed by atoms with E-state index in [1.54, 1.807) is 0 Å². The van der Waals surface area contributed by atoms with Crippen LogP contribution in [0.25, 0.3) is 10.8 Å². The Kier molecular flexibility index (Phi) is 2.30. The van der Waals surface area contributed by atoms with Gasteiger partial charge in [-0.1, -0.05) is 30.3 Å². The molecule has 2 aliphatic heterocycles. The molecule has 0 spiro atoms. The standard InChI is InChI=1S/C16H18N2/c1-2-4-13-9-14(6-5-12(13)3-1)18-15-7-8-16(18)11-17-10-15/h1-6,9,15-17H,7-8,10-11H2. The van der Waals surface area contributed by atoms with Gasteiger partial charge in [0, 0.05) is 30.9 Å². The topological polar surface area (TPSA) is 15.3 Å². The second-order valence-corrected chi connectivity index (χ2v) is 5.48. The number of piperazine rings is 1. The summed E-state index contributed by atoms with van der Waals surface area (Å²) >= 11 is 0. The Hall–Kier alpha value is -1.54. The molecule has 2 heteroatoms. The summed E-state index contributed by atoms with van der Waals surface area (Å²) in [6, 6.07) is 16.9. The summed E-state index contributed by atoms with van der Waals surface area (Å²) in [5, 5.41) is 6.23. The van der Waals surface area contributed by atoms with E-state index in [0.717, 1.165) is 13.1 Å². The van der Waals surface area contributed by atoms with Gasteiger partial charge in [-0.3, -0.25) is 0 Å². The van der Waals surface area contributed by atoms with Crippen LogP contribution in [0.2, 0.25) is 0 Å². The Morgan fingerprint density at radius 1 is 0.889 bits per heavy atom. The molecule has 2 aliphatic rings. The minimum Gasteiger partial charge on any atom is -0.363 e. The van der Waals surface area contributed by atoms with Gasteiger partial charge in [-0.2, -0.15) is 0 Å². The summed E-state index contributed by atoms with van der Waals surface area (Å²) in [6.45, 7) is 2.28. The Morgan fingerprint density at radius 3 is 2.39 bits per heavy atom. The van der Waals surface area contributed by atoms with Crippen LogP contribution >= 0.6 is 0 Å². The molecule has 2 bridgehead atoms. The number of anilines is 1. The maximum absolute atomic E-state index is 3.54. The van der Waals surface area contributed by atoms with Gasteiger partial charge in [0.1, 0.15) is 0 Å². The van der Waals surface area contributed by atoms with Crippen LogP contribution in [-0.2, 0) is 0 Å². The molecule has 2 atom stereocenters. The molecule has 2 nitrogen and oxygen atoms in total. The van der Waals surface area contributed by atoms with Crippen molar-refractivity contribution in [3.63, 3.8) is 0 Å². The zero-order chi connectivity index (χ0) is 11.9. The molecule has 0 radical (unpaired) electrons. The van der Waals surface area contributed by atoms with Crippen molar-refractivity contribution < 1.29 is 0 Å². The van der Waals surface area contributed by atoms with Gasteiger partial charge >= 0.3 is 0 Å². The van der Waals surface area contributed by atoms with E-state index in [1.807, 2.05) is 0 Å². The minimum atomic E-state index is 0.699. The maximum atomic E-state index is 3.54. The van der Waals surface area contributed by atoms with Crippen LogP contribution < -0.4 is 10.2 Å². The maximum Gasteiger partial charge on any atom is 0.0419 e. The largest absolute Gasteiger partial charge is 0.363 e. The van der Waals surface area contributed by atoms with Gasteiger partial charge in [-0.05, 0) is 35.7 Å². The molecule has 2 aromatic carbocycles. The number of rotatable bonds is 1. The van der Waals surface area contributed by atoms with Crippen LogP contribution in [0.5, 0.6) is 0 Å². The Bertz CT molecular complexity index is 562. The van der Waals surface area contributed by atoms with E-state index in [4.69, 9.17) is 0 Å². The average Bonchev–Trinajstić information content (AvgIpc) is 2.68. The monoisotopic (exact) mass is 238 g/mol. The Morgan fingerprint density at radius 2 is 1.61 bits per heavy atom. The minimum absolute atomic E-state index is 0.699. The van der Waals surface area contributed by atoms with E-state index < -0.39 is 0 Å². The van der Waals surface area contributed by atoms with E-state index in [9.17, 15) is 0 Å². The van der Waals surface area contributed by atoms with E-state index in [-0.39, 0.29) is 0 Å². The van der Waals surface area contributed by atoms with Gasteiger partial charge < -0.3 is 10.2 Å². The van der Waals surface area contributed by atoms with Crippen LogP contribution in [0, 0.1) is 0 Å². The Balaban J connectivity index is 1.78. The highest BCUT2D eigenvalue weighted by atomic mass is 15.3. The van der Waals surface area contributed by atoms with Crippen LogP contribution in [0.4, 0.5) is 5.69 Å². The third-order valence-electron chi connectivity index (χ3n) is 4.41. The lowest BCUT2D eigenvalue weighted by atomic mass is 10.1. The summed E-state index contributed by atoms with van der Waals surface area (Å²) < 4.78 is 0. The second-order valence-electron chi connectivity index (χ2n) is 5.48. The van der Waals surface area contributed by atoms with Crippen molar-refractivity contribution in [1.82, 2.24) is 5.32 Å². The molecule has 0 saturated carbocycles.